The number of rotatable bonds is 4. The first kappa shape index (κ1) is 15.5. The number of benzene rings is 1. The Kier molecular flexibility index (Phi) is 4.62. The lowest BCUT2D eigenvalue weighted by atomic mass is 10.00. The number of Topliss-reactive ketones (excluding diaryl/α,β-unsaturated/α-hetero) is 1. The molecule has 2 rings (SSSR count). The highest BCUT2D eigenvalue weighted by atomic mass is 32.2. The number of thioether (sulfide) groups is 1. The van der Waals surface area contributed by atoms with Crippen LogP contribution in [-0.4, -0.2) is 22.0 Å². The fourth-order valence-electron chi connectivity index (χ4n) is 1.81. The number of hydrogen-bond donors (Lipinski definition) is 0. The number of carbonyl (C=O) groups excluding carboxylic acids is 1. The molecule has 0 fully saturated rings. The van der Waals surface area contributed by atoms with E-state index in [2.05, 4.69) is 9.97 Å². The number of hydrogen-bond acceptors (Lipinski definition) is 4. The summed E-state index contributed by atoms with van der Waals surface area (Å²) in [5.74, 6) is -0.617. The van der Waals surface area contributed by atoms with Crippen LogP contribution in [0.15, 0.2) is 41.7 Å². The molecule has 1 heterocycles. The van der Waals surface area contributed by atoms with Crippen LogP contribution in [0, 0.1) is 0 Å². The summed E-state index contributed by atoms with van der Waals surface area (Å²) in [6, 6.07) is 6.28. The van der Waals surface area contributed by atoms with E-state index in [1.807, 2.05) is 0 Å². The highest BCUT2D eigenvalue weighted by Crippen LogP contribution is 2.32. The van der Waals surface area contributed by atoms with E-state index in [1.165, 1.54) is 42.2 Å². The van der Waals surface area contributed by atoms with E-state index < -0.39 is 17.5 Å². The monoisotopic (exact) mass is 312 g/mol. The van der Waals surface area contributed by atoms with Crippen LogP contribution in [0.1, 0.15) is 21.6 Å². The molecule has 0 unspecified atom stereocenters. The first-order valence-corrected chi connectivity index (χ1v) is 7.19. The number of halogens is 3. The maximum Gasteiger partial charge on any atom is 0.417 e. The Hall–Kier alpha value is -1.89. The summed E-state index contributed by atoms with van der Waals surface area (Å²) >= 11 is 1.30. The van der Waals surface area contributed by atoms with Crippen LogP contribution in [0.2, 0.25) is 0 Å². The van der Waals surface area contributed by atoms with E-state index in [1.54, 1.807) is 6.26 Å². The summed E-state index contributed by atoms with van der Waals surface area (Å²) in [6.07, 6.45) is -1.48. The van der Waals surface area contributed by atoms with Gasteiger partial charge in [0.25, 0.3) is 0 Å². The standard InChI is InChI=1S/C14H11F3N2OS/c1-21-13-18-7-6-9(19-13)8-12(20)10-4-2-3-5-11(10)14(15,16)17/h2-7H,8H2,1H3. The van der Waals surface area contributed by atoms with Gasteiger partial charge in [0.2, 0.25) is 0 Å². The normalized spacial score (nSPS) is 11.4. The highest BCUT2D eigenvalue weighted by Gasteiger charge is 2.34. The summed E-state index contributed by atoms with van der Waals surface area (Å²) in [6.45, 7) is 0. The second kappa shape index (κ2) is 6.26. The topological polar surface area (TPSA) is 42.9 Å². The van der Waals surface area contributed by atoms with Gasteiger partial charge in [-0.15, -0.1) is 0 Å². The highest BCUT2D eigenvalue weighted by molar-refractivity contribution is 7.98. The number of ketones is 1. The van der Waals surface area contributed by atoms with Gasteiger partial charge in [0, 0.05) is 11.8 Å². The molecule has 0 spiro atoms. The molecule has 0 N–H and O–H groups in total. The quantitative estimate of drug-likeness (QED) is 0.491. The molecular weight excluding hydrogens is 301 g/mol. The van der Waals surface area contributed by atoms with Crippen molar-refractivity contribution in [3.63, 3.8) is 0 Å². The molecule has 7 heteroatoms. The van der Waals surface area contributed by atoms with Crippen molar-refractivity contribution in [1.82, 2.24) is 9.97 Å². The minimum atomic E-state index is -4.55. The summed E-state index contributed by atoms with van der Waals surface area (Å²) in [4.78, 5) is 20.2. The molecule has 21 heavy (non-hydrogen) atoms. The first-order chi connectivity index (χ1) is 9.91. The molecule has 0 aliphatic rings. The van der Waals surface area contributed by atoms with E-state index in [4.69, 9.17) is 0 Å². The van der Waals surface area contributed by atoms with E-state index in [0.29, 0.717) is 10.9 Å². The zero-order valence-electron chi connectivity index (χ0n) is 11.0. The average Bonchev–Trinajstić information content (AvgIpc) is 2.46. The third-order valence-corrected chi connectivity index (χ3v) is 3.31. The lowest BCUT2D eigenvalue weighted by Gasteiger charge is -2.11. The summed E-state index contributed by atoms with van der Waals surface area (Å²) in [5.41, 5.74) is -0.861. The predicted molar refractivity (Wildman–Crippen MR) is 73.3 cm³/mol. The van der Waals surface area contributed by atoms with Crippen LogP contribution in [0.5, 0.6) is 0 Å². The SMILES string of the molecule is CSc1nccc(CC(=O)c2ccccc2C(F)(F)F)n1. The largest absolute Gasteiger partial charge is 0.417 e. The van der Waals surface area contributed by atoms with Gasteiger partial charge in [-0.3, -0.25) is 4.79 Å². The molecule has 0 atom stereocenters. The molecule has 0 saturated heterocycles. The van der Waals surface area contributed by atoms with Crippen LogP contribution in [0.3, 0.4) is 0 Å². The average molecular weight is 312 g/mol. The minimum Gasteiger partial charge on any atom is -0.294 e. The second-order valence-corrected chi connectivity index (χ2v) is 4.95. The Balaban J connectivity index is 2.29. The Morgan fingerprint density at radius 1 is 1.24 bits per heavy atom. The van der Waals surface area contributed by atoms with Crippen molar-refractivity contribution in [2.45, 2.75) is 17.8 Å². The number of nitrogens with zero attached hydrogens (tertiary/aromatic N) is 2. The van der Waals surface area contributed by atoms with Gasteiger partial charge in [0.05, 0.1) is 17.7 Å². The van der Waals surface area contributed by atoms with Crippen LogP contribution in [0.25, 0.3) is 0 Å². The Bertz CT molecular complexity index is 659. The van der Waals surface area contributed by atoms with Gasteiger partial charge in [0.1, 0.15) is 0 Å². The molecule has 2 aromatic rings. The van der Waals surface area contributed by atoms with Crippen LogP contribution in [0.4, 0.5) is 13.2 Å². The van der Waals surface area contributed by atoms with E-state index in [0.717, 1.165) is 6.07 Å². The van der Waals surface area contributed by atoms with Gasteiger partial charge < -0.3 is 0 Å². The van der Waals surface area contributed by atoms with Crippen LogP contribution >= 0.6 is 11.8 Å². The zero-order valence-corrected chi connectivity index (χ0v) is 11.8. The van der Waals surface area contributed by atoms with Gasteiger partial charge in [-0.05, 0) is 18.4 Å². The smallest absolute Gasteiger partial charge is 0.294 e. The molecule has 1 aromatic carbocycles. The van der Waals surface area contributed by atoms with Crippen molar-refractivity contribution in [2.75, 3.05) is 6.26 Å². The van der Waals surface area contributed by atoms with Crippen molar-refractivity contribution in [3.05, 3.63) is 53.3 Å². The zero-order chi connectivity index (χ0) is 15.5. The maximum atomic E-state index is 12.9. The lowest BCUT2D eigenvalue weighted by Crippen LogP contribution is -2.15. The van der Waals surface area contributed by atoms with Crippen molar-refractivity contribution >= 4 is 17.5 Å². The lowest BCUT2D eigenvalue weighted by molar-refractivity contribution is -0.137. The van der Waals surface area contributed by atoms with Gasteiger partial charge in [-0.1, -0.05) is 30.0 Å². The fourth-order valence-corrected chi connectivity index (χ4v) is 2.18. The van der Waals surface area contributed by atoms with Crippen molar-refractivity contribution in [2.24, 2.45) is 0 Å². The Labute approximate surface area is 123 Å². The second-order valence-electron chi connectivity index (χ2n) is 4.18. The molecule has 110 valence electrons. The minimum absolute atomic E-state index is 0.191. The summed E-state index contributed by atoms with van der Waals surface area (Å²) < 4.78 is 38.7. The molecule has 1 aromatic heterocycles. The van der Waals surface area contributed by atoms with Crippen LogP contribution < -0.4 is 0 Å². The molecule has 0 bridgehead atoms. The Morgan fingerprint density at radius 3 is 2.62 bits per heavy atom. The van der Waals surface area contributed by atoms with Gasteiger partial charge in [0.15, 0.2) is 10.9 Å². The summed E-state index contributed by atoms with van der Waals surface area (Å²) in [5, 5.41) is 0.476. The molecule has 0 aliphatic heterocycles. The maximum absolute atomic E-state index is 12.9. The number of alkyl halides is 3. The molecule has 3 nitrogen and oxygen atoms in total. The molecule has 0 amide bonds. The van der Waals surface area contributed by atoms with E-state index >= 15 is 0 Å². The van der Waals surface area contributed by atoms with Crippen LogP contribution in [-0.2, 0) is 12.6 Å². The van der Waals surface area contributed by atoms with Gasteiger partial charge in [-0.2, -0.15) is 13.2 Å². The molecule has 0 aliphatic carbocycles. The molecule has 0 saturated carbocycles. The first-order valence-electron chi connectivity index (χ1n) is 5.97. The van der Waals surface area contributed by atoms with Crippen molar-refractivity contribution in [3.8, 4) is 0 Å². The van der Waals surface area contributed by atoms with E-state index in [9.17, 15) is 18.0 Å². The number of carbonyl (C=O) groups is 1. The molecular formula is C14H11F3N2OS. The van der Waals surface area contributed by atoms with E-state index in [-0.39, 0.29) is 12.0 Å². The third-order valence-electron chi connectivity index (χ3n) is 2.75. The van der Waals surface area contributed by atoms with Crippen molar-refractivity contribution in [1.29, 1.82) is 0 Å². The predicted octanol–water partition coefficient (Wildman–Crippen LogP) is 3.64. The number of aromatic nitrogens is 2. The summed E-state index contributed by atoms with van der Waals surface area (Å²) in [7, 11) is 0. The van der Waals surface area contributed by atoms with Gasteiger partial charge >= 0.3 is 6.18 Å². The molecule has 0 radical (unpaired) electrons. The Morgan fingerprint density at radius 2 is 1.95 bits per heavy atom. The fraction of sp³-hybridized carbons (Fsp3) is 0.214. The van der Waals surface area contributed by atoms with Gasteiger partial charge in [-0.25, -0.2) is 9.97 Å². The van der Waals surface area contributed by atoms with Crippen molar-refractivity contribution < 1.29 is 18.0 Å². The third kappa shape index (κ3) is 3.81.